The molecule has 2 amide bonds. The molecule has 0 unspecified atom stereocenters. The number of aromatic nitrogens is 1. The number of hydrogen-bond acceptors (Lipinski definition) is 3. The van der Waals surface area contributed by atoms with Gasteiger partial charge in [0.15, 0.2) is 0 Å². The van der Waals surface area contributed by atoms with Crippen molar-refractivity contribution >= 4 is 23.3 Å². The Morgan fingerprint density at radius 1 is 1.09 bits per heavy atom. The quantitative estimate of drug-likeness (QED) is 0.530. The van der Waals surface area contributed by atoms with Crippen LogP contribution in [0.1, 0.15) is 63.4 Å². The zero-order chi connectivity index (χ0) is 23.8. The van der Waals surface area contributed by atoms with Gasteiger partial charge in [0.1, 0.15) is 5.82 Å². The summed E-state index contributed by atoms with van der Waals surface area (Å²) in [4.78, 5) is 38.3. The molecule has 0 spiro atoms. The maximum absolute atomic E-state index is 13.5. The van der Waals surface area contributed by atoms with Crippen molar-refractivity contribution in [2.75, 3.05) is 5.32 Å². The minimum atomic E-state index is -2.73. The van der Waals surface area contributed by atoms with E-state index in [1.54, 1.807) is 27.8 Å². The van der Waals surface area contributed by atoms with Crippen LogP contribution < -0.4 is 10.6 Å². The van der Waals surface area contributed by atoms with Crippen molar-refractivity contribution in [3.05, 3.63) is 52.1 Å². The van der Waals surface area contributed by atoms with Gasteiger partial charge in [-0.05, 0) is 62.9 Å². The summed E-state index contributed by atoms with van der Waals surface area (Å²) >= 11 is 0. The third-order valence-electron chi connectivity index (χ3n) is 6.05. The number of nitrogens with one attached hydrogen (secondary N) is 2. The topological polar surface area (TPSA) is 80.2 Å². The van der Waals surface area contributed by atoms with Crippen LogP contribution in [-0.2, 0) is 11.8 Å². The van der Waals surface area contributed by atoms with E-state index in [9.17, 15) is 27.6 Å². The number of aryl methyl sites for hydroxylation is 1. The number of ketones is 1. The van der Waals surface area contributed by atoms with E-state index in [4.69, 9.17) is 0 Å². The predicted octanol–water partition coefficient (Wildman–Crippen LogP) is 4.22. The second-order valence-corrected chi connectivity index (χ2v) is 8.34. The molecule has 172 valence electrons. The van der Waals surface area contributed by atoms with Crippen LogP contribution >= 0.6 is 0 Å². The number of benzene rings is 1. The fourth-order valence-electron chi connectivity index (χ4n) is 4.09. The molecule has 0 bridgehead atoms. The fraction of sp³-hybridized carbons (Fsp3) is 0.435. The van der Waals surface area contributed by atoms with Crippen molar-refractivity contribution in [2.24, 2.45) is 7.05 Å². The average molecular weight is 449 g/mol. The molecule has 6 nitrogen and oxygen atoms in total. The Morgan fingerprint density at radius 3 is 2.31 bits per heavy atom. The first-order valence-electron chi connectivity index (χ1n) is 10.4. The molecular formula is C23H26F3N3O3. The largest absolute Gasteiger partial charge is 0.346 e. The number of rotatable bonds is 5. The molecule has 1 aliphatic carbocycles. The van der Waals surface area contributed by atoms with Gasteiger partial charge in [0.05, 0.1) is 11.3 Å². The second kappa shape index (κ2) is 8.80. The van der Waals surface area contributed by atoms with Crippen LogP contribution in [-0.4, -0.2) is 34.1 Å². The van der Waals surface area contributed by atoms with Crippen molar-refractivity contribution < 1.29 is 27.6 Å². The maximum atomic E-state index is 13.5. The van der Waals surface area contributed by atoms with E-state index in [1.807, 2.05) is 0 Å². The van der Waals surface area contributed by atoms with Gasteiger partial charge in [0.2, 0.25) is 5.92 Å². The number of carbonyl (C=O) groups is 3. The molecule has 3 rings (SSSR count). The van der Waals surface area contributed by atoms with Crippen LogP contribution in [0, 0.1) is 26.6 Å². The summed E-state index contributed by atoms with van der Waals surface area (Å²) in [5.41, 5.74) is 1.88. The monoisotopic (exact) mass is 449 g/mol. The minimum absolute atomic E-state index is 0.0570. The second-order valence-electron chi connectivity index (χ2n) is 8.34. The average Bonchev–Trinajstić information content (AvgIpc) is 2.94. The number of amides is 2. The number of hydrogen-bond donors (Lipinski definition) is 2. The van der Waals surface area contributed by atoms with Crippen molar-refractivity contribution in [3.63, 3.8) is 0 Å². The third kappa shape index (κ3) is 4.71. The predicted molar refractivity (Wildman–Crippen MR) is 114 cm³/mol. The molecule has 1 saturated carbocycles. The van der Waals surface area contributed by atoms with Crippen LogP contribution in [0.4, 0.5) is 18.9 Å². The summed E-state index contributed by atoms with van der Waals surface area (Å²) in [6, 6.07) is 3.68. The SMILES string of the molecule is Cc1cc(NC(=O)c2c(C)c(C(=O)C(=O)NC3CCC(F)(F)CC3)n(C)c2C)ccc1F. The maximum Gasteiger partial charge on any atom is 0.294 e. The molecule has 1 aromatic heterocycles. The highest BCUT2D eigenvalue weighted by Gasteiger charge is 2.36. The molecule has 0 radical (unpaired) electrons. The number of alkyl halides is 2. The van der Waals surface area contributed by atoms with Gasteiger partial charge in [-0.3, -0.25) is 14.4 Å². The van der Waals surface area contributed by atoms with Crippen molar-refractivity contribution in [2.45, 2.75) is 58.4 Å². The summed E-state index contributed by atoms with van der Waals surface area (Å²) in [6.07, 6.45) is -0.465. The molecule has 1 aromatic carbocycles. The zero-order valence-electron chi connectivity index (χ0n) is 18.4. The Kier molecular flexibility index (Phi) is 6.48. The lowest BCUT2D eigenvalue weighted by molar-refractivity contribution is -0.118. The summed E-state index contributed by atoms with van der Waals surface area (Å²) in [6.45, 7) is 4.79. The van der Waals surface area contributed by atoms with Gasteiger partial charge in [0.25, 0.3) is 17.6 Å². The number of carbonyl (C=O) groups excluding carboxylic acids is 3. The molecule has 0 aliphatic heterocycles. The Bertz CT molecular complexity index is 1080. The minimum Gasteiger partial charge on any atom is -0.346 e. The lowest BCUT2D eigenvalue weighted by atomic mass is 9.92. The highest BCUT2D eigenvalue weighted by Crippen LogP contribution is 2.33. The van der Waals surface area contributed by atoms with E-state index in [1.165, 1.54) is 22.8 Å². The third-order valence-corrected chi connectivity index (χ3v) is 6.05. The first-order valence-corrected chi connectivity index (χ1v) is 10.4. The van der Waals surface area contributed by atoms with E-state index in [-0.39, 0.29) is 36.9 Å². The summed E-state index contributed by atoms with van der Waals surface area (Å²) < 4.78 is 41.6. The van der Waals surface area contributed by atoms with Gasteiger partial charge >= 0.3 is 0 Å². The van der Waals surface area contributed by atoms with Crippen LogP contribution in [0.3, 0.4) is 0 Å². The Morgan fingerprint density at radius 2 is 1.72 bits per heavy atom. The van der Waals surface area contributed by atoms with Crippen LogP contribution in [0.5, 0.6) is 0 Å². The van der Waals surface area contributed by atoms with Crippen LogP contribution in [0.25, 0.3) is 0 Å². The van der Waals surface area contributed by atoms with E-state index < -0.39 is 35.4 Å². The smallest absolute Gasteiger partial charge is 0.294 e. The summed E-state index contributed by atoms with van der Waals surface area (Å²) in [5.74, 6) is -5.33. The summed E-state index contributed by atoms with van der Waals surface area (Å²) in [7, 11) is 1.57. The molecule has 0 saturated heterocycles. The lowest BCUT2D eigenvalue weighted by Gasteiger charge is -2.28. The van der Waals surface area contributed by atoms with Gasteiger partial charge < -0.3 is 15.2 Å². The summed E-state index contributed by atoms with van der Waals surface area (Å²) in [5, 5.41) is 5.24. The van der Waals surface area contributed by atoms with Crippen LogP contribution in [0.15, 0.2) is 18.2 Å². The molecular weight excluding hydrogens is 423 g/mol. The van der Waals surface area contributed by atoms with Gasteiger partial charge in [-0.15, -0.1) is 0 Å². The van der Waals surface area contributed by atoms with Crippen molar-refractivity contribution in [1.29, 1.82) is 0 Å². The number of halogens is 3. The van der Waals surface area contributed by atoms with Gasteiger partial charge in [0, 0.05) is 37.3 Å². The highest BCUT2D eigenvalue weighted by atomic mass is 19.3. The first-order chi connectivity index (χ1) is 14.9. The molecule has 1 heterocycles. The first kappa shape index (κ1) is 23.6. The lowest BCUT2D eigenvalue weighted by Crippen LogP contribution is -2.43. The van der Waals surface area contributed by atoms with Crippen molar-refractivity contribution in [3.8, 4) is 0 Å². The highest BCUT2D eigenvalue weighted by molar-refractivity contribution is 6.43. The Hall–Kier alpha value is -3.10. The molecule has 2 N–H and O–H groups in total. The molecule has 1 fully saturated rings. The number of nitrogens with zero attached hydrogens (tertiary/aromatic N) is 1. The van der Waals surface area contributed by atoms with Gasteiger partial charge in [-0.2, -0.15) is 0 Å². The number of Topliss-reactive ketones (excluding diaryl/α,β-unsaturated/α-hetero) is 1. The Balaban J connectivity index is 1.78. The van der Waals surface area contributed by atoms with Gasteiger partial charge in [-0.1, -0.05) is 0 Å². The van der Waals surface area contributed by atoms with Gasteiger partial charge in [-0.25, -0.2) is 13.2 Å². The van der Waals surface area contributed by atoms with E-state index in [0.29, 0.717) is 22.5 Å². The van der Waals surface area contributed by atoms with E-state index in [2.05, 4.69) is 10.6 Å². The van der Waals surface area contributed by atoms with E-state index in [0.717, 1.165) is 0 Å². The van der Waals surface area contributed by atoms with Crippen LogP contribution in [0.2, 0.25) is 0 Å². The van der Waals surface area contributed by atoms with Crippen molar-refractivity contribution in [1.82, 2.24) is 9.88 Å². The normalized spacial score (nSPS) is 16.0. The molecule has 1 aliphatic rings. The Labute approximate surface area is 184 Å². The number of anilines is 1. The molecule has 2 aromatic rings. The molecule has 0 atom stereocenters. The zero-order valence-corrected chi connectivity index (χ0v) is 18.4. The standard InChI is InChI=1S/C23H26F3N3O3/c1-12-11-16(5-6-17(12)24)28-21(31)18-13(2)19(29(4)14(18)3)20(30)22(32)27-15-7-9-23(25,26)10-8-15/h5-6,11,15H,7-10H2,1-4H3,(H,27,32)(H,28,31). The molecule has 32 heavy (non-hydrogen) atoms. The molecule has 9 heteroatoms. The fourth-order valence-corrected chi connectivity index (χ4v) is 4.09. The van der Waals surface area contributed by atoms with E-state index >= 15 is 0 Å².